The van der Waals surface area contributed by atoms with Crippen molar-refractivity contribution < 1.29 is 19.1 Å². The molecular weight excluding hydrogens is 406 g/mol. The number of aryl methyl sites for hydroxylation is 2. The molecule has 0 aliphatic rings. The second kappa shape index (κ2) is 10.7. The van der Waals surface area contributed by atoms with Gasteiger partial charge in [-0.3, -0.25) is 9.59 Å². The van der Waals surface area contributed by atoms with E-state index in [-0.39, 0.29) is 12.5 Å². The van der Waals surface area contributed by atoms with Crippen LogP contribution in [0.1, 0.15) is 37.4 Å². The van der Waals surface area contributed by atoms with Crippen LogP contribution in [0, 0.1) is 13.8 Å². The van der Waals surface area contributed by atoms with Crippen LogP contribution in [-0.4, -0.2) is 30.5 Å². The van der Waals surface area contributed by atoms with E-state index in [4.69, 9.17) is 4.74 Å². The highest BCUT2D eigenvalue weighted by Crippen LogP contribution is 2.14. The zero-order valence-electron chi connectivity index (χ0n) is 17.8. The molecule has 0 spiro atoms. The van der Waals surface area contributed by atoms with Gasteiger partial charge < -0.3 is 10.1 Å². The van der Waals surface area contributed by atoms with Gasteiger partial charge in [0.1, 0.15) is 5.75 Å². The van der Waals surface area contributed by atoms with Gasteiger partial charge in [-0.15, -0.1) is 0 Å². The van der Waals surface area contributed by atoms with Crippen molar-refractivity contribution in [1.29, 1.82) is 0 Å². The Hall–Kier alpha value is -4.26. The summed E-state index contributed by atoms with van der Waals surface area (Å²) in [5.74, 6) is -0.827. The molecule has 7 nitrogen and oxygen atoms in total. The first-order valence-corrected chi connectivity index (χ1v) is 9.96. The largest absolute Gasteiger partial charge is 0.423 e. The van der Waals surface area contributed by atoms with Gasteiger partial charge in [-0.05, 0) is 67.9 Å². The Kier molecular flexibility index (Phi) is 7.48. The molecule has 0 aliphatic carbocycles. The van der Waals surface area contributed by atoms with Crippen LogP contribution in [0.3, 0.4) is 0 Å². The lowest BCUT2D eigenvalue weighted by Crippen LogP contribution is -2.34. The molecule has 2 N–H and O–H groups in total. The van der Waals surface area contributed by atoms with Gasteiger partial charge in [0.2, 0.25) is 0 Å². The third-order valence-electron chi connectivity index (χ3n) is 4.50. The molecule has 0 aliphatic heterocycles. The molecule has 0 bridgehead atoms. The fraction of sp³-hybridized carbons (Fsp3) is 0.120. The van der Waals surface area contributed by atoms with E-state index in [1.54, 1.807) is 48.5 Å². The van der Waals surface area contributed by atoms with Crippen molar-refractivity contribution >= 4 is 24.0 Å². The standard InChI is InChI=1S/C25H23N3O4/c1-17-3-9-20(10-4-17)24(30)26-16-23(29)28-27-15-19-7-13-22(14-8-19)32-25(31)21-11-5-18(2)6-12-21/h3-15H,16H2,1-2H3,(H,26,30)(H,28,29)/b27-15-. The maximum absolute atomic E-state index is 12.1. The number of carbonyl (C=O) groups is 3. The van der Waals surface area contributed by atoms with Crippen molar-refractivity contribution in [2.24, 2.45) is 5.10 Å². The zero-order chi connectivity index (χ0) is 22.9. The van der Waals surface area contributed by atoms with E-state index in [9.17, 15) is 14.4 Å². The van der Waals surface area contributed by atoms with Gasteiger partial charge in [0.05, 0.1) is 18.3 Å². The molecule has 0 saturated heterocycles. The number of esters is 1. The molecule has 3 aromatic carbocycles. The summed E-state index contributed by atoms with van der Waals surface area (Å²) in [7, 11) is 0. The average molecular weight is 429 g/mol. The monoisotopic (exact) mass is 429 g/mol. The van der Waals surface area contributed by atoms with Crippen molar-refractivity contribution in [2.75, 3.05) is 6.54 Å². The highest BCUT2D eigenvalue weighted by atomic mass is 16.5. The number of ether oxygens (including phenoxy) is 1. The van der Waals surface area contributed by atoms with E-state index < -0.39 is 11.9 Å². The van der Waals surface area contributed by atoms with Crippen molar-refractivity contribution in [2.45, 2.75) is 13.8 Å². The van der Waals surface area contributed by atoms with Crippen molar-refractivity contribution in [3.05, 3.63) is 101 Å². The minimum atomic E-state index is -0.453. The van der Waals surface area contributed by atoms with Crippen molar-refractivity contribution in [1.82, 2.24) is 10.7 Å². The van der Waals surface area contributed by atoms with Crippen LogP contribution in [0.4, 0.5) is 0 Å². The fourth-order valence-electron chi connectivity index (χ4n) is 2.66. The fourth-order valence-corrected chi connectivity index (χ4v) is 2.66. The molecule has 0 radical (unpaired) electrons. The highest BCUT2D eigenvalue weighted by molar-refractivity contribution is 5.96. The number of carbonyl (C=O) groups excluding carboxylic acids is 3. The van der Waals surface area contributed by atoms with E-state index in [2.05, 4.69) is 15.8 Å². The Labute approximate surface area is 186 Å². The summed E-state index contributed by atoms with van der Waals surface area (Å²) in [5, 5.41) is 6.40. The Morgan fingerprint density at radius 2 is 1.38 bits per heavy atom. The molecule has 7 heteroatoms. The van der Waals surface area contributed by atoms with E-state index in [0.29, 0.717) is 22.4 Å². The number of hydrazone groups is 1. The molecule has 2 amide bonds. The van der Waals surface area contributed by atoms with Gasteiger partial charge >= 0.3 is 5.97 Å². The number of hydrogen-bond donors (Lipinski definition) is 2. The molecule has 0 fully saturated rings. The Bertz CT molecular complexity index is 1120. The molecule has 0 aromatic heterocycles. The van der Waals surface area contributed by atoms with Crippen LogP contribution in [0.15, 0.2) is 77.9 Å². The minimum absolute atomic E-state index is 0.196. The van der Waals surface area contributed by atoms with Gasteiger partial charge in [0.15, 0.2) is 0 Å². The zero-order valence-corrected chi connectivity index (χ0v) is 17.8. The third-order valence-corrected chi connectivity index (χ3v) is 4.50. The summed E-state index contributed by atoms with van der Waals surface area (Å²) in [5.41, 5.74) is 6.11. The first-order valence-electron chi connectivity index (χ1n) is 9.96. The normalized spacial score (nSPS) is 10.6. The van der Waals surface area contributed by atoms with Crippen LogP contribution in [0.5, 0.6) is 5.75 Å². The smallest absolute Gasteiger partial charge is 0.343 e. The molecule has 0 heterocycles. The number of amides is 2. The molecule has 3 aromatic rings. The van der Waals surface area contributed by atoms with Crippen molar-refractivity contribution in [3.8, 4) is 5.75 Å². The number of nitrogens with one attached hydrogen (secondary N) is 2. The van der Waals surface area contributed by atoms with Gasteiger partial charge in [-0.1, -0.05) is 35.4 Å². The molecule has 0 unspecified atom stereocenters. The van der Waals surface area contributed by atoms with E-state index >= 15 is 0 Å². The molecule has 3 rings (SSSR count). The number of hydrogen-bond acceptors (Lipinski definition) is 5. The maximum atomic E-state index is 12.1. The minimum Gasteiger partial charge on any atom is -0.423 e. The lowest BCUT2D eigenvalue weighted by Gasteiger charge is -2.05. The Balaban J connectivity index is 1.44. The van der Waals surface area contributed by atoms with E-state index in [1.165, 1.54) is 6.21 Å². The molecule has 0 saturated carbocycles. The van der Waals surface area contributed by atoms with Crippen LogP contribution < -0.4 is 15.5 Å². The predicted molar refractivity (Wildman–Crippen MR) is 122 cm³/mol. The Morgan fingerprint density at radius 3 is 1.97 bits per heavy atom. The van der Waals surface area contributed by atoms with Crippen LogP contribution in [-0.2, 0) is 4.79 Å². The number of rotatable bonds is 7. The lowest BCUT2D eigenvalue weighted by atomic mass is 10.1. The number of nitrogens with zero attached hydrogens (tertiary/aromatic N) is 1. The molecular formula is C25H23N3O4. The SMILES string of the molecule is Cc1ccc(C(=O)NCC(=O)N/N=C\c2ccc(OC(=O)c3ccc(C)cc3)cc2)cc1. The van der Waals surface area contributed by atoms with Crippen molar-refractivity contribution in [3.63, 3.8) is 0 Å². The van der Waals surface area contributed by atoms with Crippen LogP contribution >= 0.6 is 0 Å². The second-order valence-corrected chi connectivity index (χ2v) is 7.17. The first-order chi connectivity index (χ1) is 15.4. The second-order valence-electron chi connectivity index (χ2n) is 7.17. The third kappa shape index (κ3) is 6.63. The van der Waals surface area contributed by atoms with Gasteiger partial charge in [0.25, 0.3) is 11.8 Å². The summed E-state index contributed by atoms with van der Waals surface area (Å²) in [6.45, 7) is 3.68. The quantitative estimate of drug-likeness (QED) is 0.260. The lowest BCUT2D eigenvalue weighted by molar-refractivity contribution is -0.120. The van der Waals surface area contributed by atoms with E-state index in [1.807, 2.05) is 38.1 Å². The molecule has 32 heavy (non-hydrogen) atoms. The van der Waals surface area contributed by atoms with Crippen LogP contribution in [0.25, 0.3) is 0 Å². The summed E-state index contributed by atoms with van der Waals surface area (Å²) in [4.78, 5) is 36.0. The average Bonchev–Trinajstić information content (AvgIpc) is 2.79. The summed E-state index contributed by atoms with van der Waals surface area (Å²) >= 11 is 0. The van der Waals surface area contributed by atoms with Gasteiger partial charge in [-0.2, -0.15) is 5.10 Å². The summed E-state index contributed by atoms with van der Waals surface area (Å²) < 4.78 is 5.34. The van der Waals surface area contributed by atoms with Gasteiger partial charge in [0, 0.05) is 5.56 Å². The highest BCUT2D eigenvalue weighted by Gasteiger charge is 2.09. The Morgan fingerprint density at radius 1 is 0.812 bits per heavy atom. The van der Waals surface area contributed by atoms with Crippen LogP contribution in [0.2, 0.25) is 0 Å². The van der Waals surface area contributed by atoms with Gasteiger partial charge in [-0.25, -0.2) is 10.2 Å². The molecule has 162 valence electrons. The number of benzene rings is 3. The first kappa shape index (κ1) is 22.4. The van der Waals surface area contributed by atoms with E-state index in [0.717, 1.165) is 11.1 Å². The topological polar surface area (TPSA) is 96.9 Å². The maximum Gasteiger partial charge on any atom is 0.343 e. The summed E-state index contributed by atoms with van der Waals surface area (Å²) in [6, 6.07) is 20.8. The molecule has 0 atom stereocenters. The predicted octanol–water partition coefficient (Wildman–Crippen LogP) is 3.40. The summed E-state index contributed by atoms with van der Waals surface area (Å²) in [6.07, 6.45) is 1.45.